The number of anilines is 1. The van der Waals surface area contributed by atoms with Gasteiger partial charge in [0.15, 0.2) is 5.69 Å². The second-order valence-corrected chi connectivity index (χ2v) is 7.97. The molecule has 0 aliphatic rings. The highest BCUT2D eigenvalue weighted by atomic mass is 16.4. The van der Waals surface area contributed by atoms with Gasteiger partial charge in [0.25, 0.3) is 5.91 Å². The molecule has 2 N–H and O–H groups in total. The lowest BCUT2D eigenvalue weighted by Crippen LogP contribution is -2.41. The summed E-state index contributed by atoms with van der Waals surface area (Å²) in [7, 11) is 0. The highest BCUT2D eigenvalue weighted by Gasteiger charge is 2.26. The van der Waals surface area contributed by atoms with Gasteiger partial charge in [0.1, 0.15) is 0 Å². The smallest absolute Gasteiger partial charge is 0.275 e. The summed E-state index contributed by atoms with van der Waals surface area (Å²) in [6.45, 7) is 11.6. The zero-order chi connectivity index (χ0) is 18.8. The Labute approximate surface area is 148 Å². The van der Waals surface area contributed by atoms with E-state index in [1.54, 1.807) is 24.3 Å². The van der Waals surface area contributed by atoms with Crippen molar-refractivity contribution in [1.82, 2.24) is 10.3 Å². The van der Waals surface area contributed by atoms with Gasteiger partial charge in [0, 0.05) is 16.6 Å². The van der Waals surface area contributed by atoms with Gasteiger partial charge >= 0.3 is 0 Å². The minimum absolute atomic E-state index is 0.212. The molecule has 0 aliphatic heterocycles. The molecule has 0 saturated heterocycles. The molecule has 132 valence electrons. The Morgan fingerprint density at radius 3 is 2.16 bits per heavy atom. The van der Waals surface area contributed by atoms with E-state index in [2.05, 4.69) is 21.7 Å². The summed E-state index contributed by atoms with van der Waals surface area (Å²) in [5, 5.41) is 15.0. The van der Waals surface area contributed by atoms with Crippen molar-refractivity contribution in [2.24, 2.45) is 0 Å². The van der Waals surface area contributed by atoms with Crippen molar-refractivity contribution in [3.63, 3.8) is 0 Å². The van der Waals surface area contributed by atoms with Gasteiger partial charge in [-0.05, 0) is 65.8 Å². The molecular weight excluding hydrogens is 316 g/mol. The third-order valence-corrected chi connectivity index (χ3v) is 3.08. The Bertz CT molecular complexity index is 800. The van der Waals surface area contributed by atoms with Crippen LogP contribution in [0.5, 0.6) is 0 Å². The lowest BCUT2D eigenvalue weighted by molar-refractivity contribution is 0.0915. The molecule has 6 nitrogen and oxygen atoms in total. The van der Waals surface area contributed by atoms with Crippen LogP contribution in [0.2, 0.25) is 0 Å². The van der Waals surface area contributed by atoms with Crippen LogP contribution in [0.4, 0.5) is 5.88 Å². The van der Waals surface area contributed by atoms with Crippen LogP contribution in [0.25, 0.3) is 11.5 Å². The maximum Gasteiger partial charge on any atom is 0.275 e. The summed E-state index contributed by atoms with van der Waals surface area (Å²) in [5.74, 6) is 0.354. The molecule has 0 aliphatic carbocycles. The quantitative estimate of drug-likeness (QED) is 0.882. The van der Waals surface area contributed by atoms with Crippen LogP contribution < -0.4 is 10.6 Å². The number of benzene rings is 1. The van der Waals surface area contributed by atoms with Gasteiger partial charge in [0.2, 0.25) is 11.8 Å². The molecule has 0 bridgehead atoms. The van der Waals surface area contributed by atoms with Gasteiger partial charge < -0.3 is 15.1 Å². The molecule has 0 fully saturated rings. The number of hydrogen-bond donors (Lipinski definition) is 2. The van der Waals surface area contributed by atoms with Crippen molar-refractivity contribution in [3.05, 3.63) is 35.5 Å². The first kappa shape index (κ1) is 18.5. The third kappa shape index (κ3) is 5.08. The summed E-state index contributed by atoms with van der Waals surface area (Å²) < 4.78 is 5.82. The minimum Gasteiger partial charge on any atom is -0.420 e. The van der Waals surface area contributed by atoms with Crippen molar-refractivity contribution >= 4 is 11.8 Å². The van der Waals surface area contributed by atoms with Crippen molar-refractivity contribution in [1.29, 1.82) is 5.26 Å². The molecule has 0 atom stereocenters. The van der Waals surface area contributed by atoms with Crippen LogP contribution in [0.15, 0.2) is 28.7 Å². The summed E-state index contributed by atoms with van der Waals surface area (Å²) in [5.41, 5.74) is 0.783. The number of rotatable bonds is 3. The highest BCUT2D eigenvalue weighted by Crippen LogP contribution is 2.28. The largest absolute Gasteiger partial charge is 0.420 e. The van der Waals surface area contributed by atoms with E-state index >= 15 is 0 Å². The number of nitriles is 1. The maximum absolute atomic E-state index is 12.6. The topological polar surface area (TPSA) is 91.0 Å². The van der Waals surface area contributed by atoms with Crippen molar-refractivity contribution < 1.29 is 9.21 Å². The van der Waals surface area contributed by atoms with Crippen LogP contribution >= 0.6 is 0 Å². The van der Waals surface area contributed by atoms with Gasteiger partial charge in [-0.3, -0.25) is 4.79 Å². The molecule has 1 heterocycles. The summed E-state index contributed by atoms with van der Waals surface area (Å²) in [4.78, 5) is 17.0. The molecule has 1 aromatic carbocycles. The van der Waals surface area contributed by atoms with Crippen molar-refractivity contribution in [2.45, 2.75) is 52.6 Å². The monoisotopic (exact) mass is 340 g/mol. The fourth-order valence-electron chi connectivity index (χ4n) is 2.11. The second-order valence-electron chi connectivity index (χ2n) is 7.97. The number of aromatic nitrogens is 1. The van der Waals surface area contributed by atoms with E-state index in [0.717, 1.165) is 0 Å². The first-order valence-electron chi connectivity index (χ1n) is 8.10. The predicted octanol–water partition coefficient (Wildman–Crippen LogP) is 3.95. The number of hydrogen-bond acceptors (Lipinski definition) is 5. The third-order valence-electron chi connectivity index (χ3n) is 3.08. The van der Waals surface area contributed by atoms with E-state index in [-0.39, 0.29) is 22.7 Å². The van der Waals surface area contributed by atoms with Gasteiger partial charge in [-0.2, -0.15) is 5.26 Å². The van der Waals surface area contributed by atoms with Gasteiger partial charge in [-0.1, -0.05) is 0 Å². The molecule has 0 unspecified atom stereocenters. The number of amides is 1. The molecule has 0 saturated carbocycles. The molecule has 1 amide bonds. The standard InChI is InChI=1S/C19H24N4O2/c1-18(2,3)22-15(24)14-17(23-19(4,5)6)25-16(21-14)13-9-7-12(11-20)8-10-13/h7-10,23H,1-6H3,(H,22,24). The maximum atomic E-state index is 12.6. The first-order valence-corrected chi connectivity index (χ1v) is 8.10. The van der Waals surface area contributed by atoms with Gasteiger partial charge in [-0.15, -0.1) is 0 Å². The molecule has 2 rings (SSSR count). The lowest BCUT2D eigenvalue weighted by Gasteiger charge is -2.22. The van der Waals surface area contributed by atoms with Crippen LogP contribution in [0, 0.1) is 11.3 Å². The van der Waals surface area contributed by atoms with Crippen molar-refractivity contribution in [2.75, 3.05) is 5.32 Å². The van der Waals surface area contributed by atoms with Gasteiger partial charge in [0.05, 0.1) is 11.6 Å². The predicted molar refractivity (Wildman–Crippen MR) is 97.2 cm³/mol. The number of nitrogens with one attached hydrogen (secondary N) is 2. The zero-order valence-electron chi connectivity index (χ0n) is 15.5. The molecular formula is C19H24N4O2. The molecule has 2 aromatic rings. The average Bonchev–Trinajstić information content (AvgIpc) is 2.87. The Morgan fingerprint density at radius 2 is 1.68 bits per heavy atom. The van der Waals surface area contributed by atoms with E-state index in [9.17, 15) is 4.79 Å². The zero-order valence-corrected chi connectivity index (χ0v) is 15.5. The Hall–Kier alpha value is -2.81. The fraction of sp³-hybridized carbons (Fsp3) is 0.421. The normalized spacial score (nSPS) is 11.7. The van der Waals surface area contributed by atoms with Crippen LogP contribution in [-0.4, -0.2) is 22.0 Å². The highest BCUT2D eigenvalue weighted by molar-refractivity contribution is 5.97. The summed E-state index contributed by atoms with van der Waals surface area (Å²) >= 11 is 0. The molecule has 6 heteroatoms. The Morgan fingerprint density at radius 1 is 1.08 bits per heavy atom. The van der Waals surface area contributed by atoms with Gasteiger partial charge in [-0.25, -0.2) is 4.98 Å². The van der Waals surface area contributed by atoms with E-state index in [1.807, 2.05) is 41.5 Å². The Balaban J connectivity index is 2.44. The van der Waals surface area contributed by atoms with Crippen LogP contribution in [-0.2, 0) is 0 Å². The van der Waals surface area contributed by atoms with E-state index in [0.29, 0.717) is 22.9 Å². The minimum atomic E-state index is -0.385. The van der Waals surface area contributed by atoms with E-state index in [1.165, 1.54) is 0 Å². The average molecular weight is 340 g/mol. The Kier molecular flexibility index (Phi) is 4.89. The summed E-state index contributed by atoms with van der Waals surface area (Å²) in [6, 6.07) is 8.93. The lowest BCUT2D eigenvalue weighted by atomic mass is 10.1. The SMILES string of the molecule is CC(C)(C)NC(=O)c1nc(-c2ccc(C#N)cc2)oc1NC(C)(C)C. The summed E-state index contributed by atoms with van der Waals surface area (Å²) in [6.07, 6.45) is 0. The molecule has 25 heavy (non-hydrogen) atoms. The first-order chi connectivity index (χ1) is 11.5. The fourth-order valence-corrected chi connectivity index (χ4v) is 2.11. The number of oxazole rings is 1. The number of carbonyl (C=O) groups is 1. The molecule has 0 radical (unpaired) electrons. The number of carbonyl (C=O) groups excluding carboxylic acids is 1. The number of nitrogens with zero attached hydrogens (tertiary/aromatic N) is 2. The van der Waals surface area contributed by atoms with Crippen LogP contribution in [0.3, 0.4) is 0 Å². The van der Waals surface area contributed by atoms with Crippen LogP contribution in [0.1, 0.15) is 57.6 Å². The van der Waals surface area contributed by atoms with E-state index in [4.69, 9.17) is 9.68 Å². The van der Waals surface area contributed by atoms with E-state index < -0.39 is 0 Å². The molecule has 1 aromatic heterocycles. The second kappa shape index (κ2) is 6.60. The van der Waals surface area contributed by atoms with Crippen molar-refractivity contribution in [3.8, 4) is 17.5 Å². The molecule has 0 spiro atoms.